The highest BCUT2D eigenvalue weighted by Crippen LogP contribution is 2.30. The Balaban J connectivity index is 2.93. The van der Waals surface area contributed by atoms with E-state index in [9.17, 15) is 4.79 Å². The third-order valence-corrected chi connectivity index (χ3v) is 4.38. The van der Waals surface area contributed by atoms with Crippen LogP contribution in [0, 0.1) is 5.41 Å². The van der Waals surface area contributed by atoms with E-state index in [1.165, 1.54) is 0 Å². The number of hydrogen-bond donors (Lipinski definition) is 1. The van der Waals surface area contributed by atoms with Gasteiger partial charge in [-0.05, 0) is 25.3 Å². The van der Waals surface area contributed by atoms with Crippen LogP contribution in [-0.4, -0.2) is 24.4 Å². The van der Waals surface area contributed by atoms with E-state index in [0.29, 0.717) is 6.54 Å². The van der Waals surface area contributed by atoms with Gasteiger partial charge in [0.05, 0.1) is 11.5 Å². The lowest BCUT2D eigenvalue weighted by atomic mass is 9.80. The van der Waals surface area contributed by atoms with Gasteiger partial charge in [0, 0.05) is 13.6 Å². The van der Waals surface area contributed by atoms with Gasteiger partial charge in [0.15, 0.2) is 0 Å². The topological polar surface area (TPSA) is 46.3 Å². The predicted octanol–water partition coefficient (Wildman–Crippen LogP) is 2.97. The molecule has 0 aliphatic carbocycles. The molecule has 3 heteroatoms. The van der Waals surface area contributed by atoms with Crippen LogP contribution in [0.5, 0.6) is 0 Å². The molecule has 1 aromatic carbocycles. The molecule has 0 spiro atoms. The van der Waals surface area contributed by atoms with E-state index in [0.717, 1.165) is 18.4 Å². The molecule has 0 aliphatic heterocycles. The molecule has 19 heavy (non-hydrogen) atoms. The number of hydrogen-bond acceptors (Lipinski definition) is 2. The lowest BCUT2D eigenvalue weighted by Gasteiger charge is -2.36. The van der Waals surface area contributed by atoms with Gasteiger partial charge >= 0.3 is 0 Å². The van der Waals surface area contributed by atoms with Gasteiger partial charge in [-0.3, -0.25) is 4.79 Å². The van der Waals surface area contributed by atoms with Gasteiger partial charge in [-0.15, -0.1) is 0 Å². The van der Waals surface area contributed by atoms with E-state index in [-0.39, 0.29) is 11.9 Å². The fourth-order valence-corrected chi connectivity index (χ4v) is 2.43. The van der Waals surface area contributed by atoms with Crippen molar-refractivity contribution >= 4 is 5.91 Å². The molecular weight excluding hydrogens is 236 g/mol. The lowest BCUT2D eigenvalue weighted by Crippen LogP contribution is -2.46. The summed E-state index contributed by atoms with van der Waals surface area (Å²) in [6, 6.07) is 10.2. The summed E-state index contributed by atoms with van der Waals surface area (Å²) in [5, 5.41) is 0. The molecule has 0 heterocycles. The van der Waals surface area contributed by atoms with E-state index in [2.05, 4.69) is 19.1 Å². The number of rotatable bonds is 6. The zero-order valence-corrected chi connectivity index (χ0v) is 12.5. The Hall–Kier alpha value is -1.35. The van der Waals surface area contributed by atoms with Crippen molar-refractivity contribution in [2.75, 3.05) is 13.6 Å². The van der Waals surface area contributed by atoms with E-state index >= 15 is 0 Å². The average Bonchev–Trinajstić information content (AvgIpc) is 2.48. The summed E-state index contributed by atoms with van der Waals surface area (Å²) in [7, 11) is 1.87. The largest absolute Gasteiger partial charge is 0.338 e. The number of nitrogens with two attached hydrogens (primary N) is 1. The Bertz CT molecular complexity index is 390. The molecule has 2 N–H and O–H groups in total. The molecule has 3 nitrogen and oxygen atoms in total. The van der Waals surface area contributed by atoms with Gasteiger partial charge in [-0.1, -0.05) is 44.2 Å². The number of carbonyl (C=O) groups is 1. The Morgan fingerprint density at radius 1 is 1.26 bits per heavy atom. The first-order chi connectivity index (χ1) is 9.02. The molecular formula is C16H26N2O. The van der Waals surface area contributed by atoms with Crippen LogP contribution in [0.4, 0.5) is 0 Å². The Morgan fingerprint density at radius 3 is 2.21 bits per heavy atom. The number of amides is 1. The van der Waals surface area contributed by atoms with Gasteiger partial charge in [0.2, 0.25) is 5.91 Å². The van der Waals surface area contributed by atoms with Crippen LogP contribution in [0.15, 0.2) is 30.3 Å². The first kappa shape index (κ1) is 15.7. The normalized spacial score (nSPS) is 13.1. The highest BCUT2D eigenvalue weighted by Gasteiger charge is 2.37. The van der Waals surface area contributed by atoms with Crippen molar-refractivity contribution in [1.29, 1.82) is 0 Å². The fraction of sp³-hybridized carbons (Fsp3) is 0.562. The molecule has 1 amide bonds. The van der Waals surface area contributed by atoms with Crippen molar-refractivity contribution in [1.82, 2.24) is 4.90 Å². The summed E-state index contributed by atoms with van der Waals surface area (Å²) in [5.41, 5.74) is 6.59. The molecule has 0 bridgehead atoms. The molecule has 1 unspecified atom stereocenters. The maximum absolute atomic E-state index is 12.7. The highest BCUT2D eigenvalue weighted by molar-refractivity contribution is 5.83. The van der Waals surface area contributed by atoms with Crippen LogP contribution in [0.3, 0.4) is 0 Å². The SMILES string of the molecule is CCC(CC)(CN)C(=O)N(C)C(C)c1ccccc1. The maximum Gasteiger partial charge on any atom is 0.230 e. The van der Waals surface area contributed by atoms with Crippen LogP contribution in [-0.2, 0) is 4.79 Å². The third kappa shape index (κ3) is 3.16. The quantitative estimate of drug-likeness (QED) is 0.856. The minimum atomic E-state index is -0.419. The summed E-state index contributed by atoms with van der Waals surface area (Å²) >= 11 is 0. The molecule has 1 atom stereocenters. The molecule has 106 valence electrons. The minimum absolute atomic E-state index is 0.0673. The zero-order chi connectivity index (χ0) is 14.5. The van der Waals surface area contributed by atoms with E-state index in [1.807, 2.05) is 44.0 Å². The van der Waals surface area contributed by atoms with Crippen LogP contribution >= 0.6 is 0 Å². The monoisotopic (exact) mass is 262 g/mol. The molecule has 1 aromatic rings. The van der Waals surface area contributed by atoms with Gasteiger partial charge in [-0.2, -0.15) is 0 Å². The zero-order valence-electron chi connectivity index (χ0n) is 12.5. The predicted molar refractivity (Wildman–Crippen MR) is 79.7 cm³/mol. The van der Waals surface area contributed by atoms with Crippen LogP contribution < -0.4 is 5.73 Å². The number of nitrogens with zero attached hydrogens (tertiary/aromatic N) is 1. The van der Waals surface area contributed by atoms with Crippen molar-refractivity contribution in [2.45, 2.75) is 39.7 Å². The van der Waals surface area contributed by atoms with Crippen molar-refractivity contribution in [3.05, 3.63) is 35.9 Å². The fourth-order valence-electron chi connectivity index (χ4n) is 2.43. The van der Waals surface area contributed by atoms with Crippen LogP contribution in [0.2, 0.25) is 0 Å². The Morgan fingerprint density at radius 2 is 1.79 bits per heavy atom. The molecule has 0 radical (unpaired) electrons. The van der Waals surface area contributed by atoms with Gasteiger partial charge in [-0.25, -0.2) is 0 Å². The first-order valence-corrected chi connectivity index (χ1v) is 7.04. The van der Waals surface area contributed by atoms with Gasteiger partial charge < -0.3 is 10.6 Å². The second kappa shape index (κ2) is 6.71. The van der Waals surface area contributed by atoms with Gasteiger partial charge in [0.25, 0.3) is 0 Å². The highest BCUT2D eigenvalue weighted by atomic mass is 16.2. The van der Waals surface area contributed by atoms with E-state index < -0.39 is 5.41 Å². The second-order valence-electron chi connectivity index (χ2n) is 5.19. The van der Waals surface area contributed by atoms with Crippen molar-refractivity contribution in [3.8, 4) is 0 Å². The third-order valence-electron chi connectivity index (χ3n) is 4.38. The van der Waals surface area contributed by atoms with Crippen molar-refractivity contribution < 1.29 is 4.79 Å². The number of benzene rings is 1. The Kier molecular flexibility index (Phi) is 5.55. The van der Waals surface area contributed by atoms with Crippen LogP contribution in [0.1, 0.15) is 45.2 Å². The summed E-state index contributed by atoms with van der Waals surface area (Å²) in [4.78, 5) is 14.5. The smallest absolute Gasteiger partial charge is 0.230 e. The van der Waals surface area contributed by atoms with E-state index in [1.54, 1.807) is 0 Å². The molecule has 0 aliphatic rings. The lowest BCUT2D eigenvalue weighted by molar-refractivity contribution is -0.142. The maximum atomic E-state index is 12.7. The van der Waals surface area contributed by atoms with Crippen molar-refractivity contribution in [2.24, 2.45) is 11.1 Å². The van der Waals surface area contributed by atoms with Gasteiger partial charge in [0.1, 0.15) is 0 Å². The minimum Gasteiger partial charge on any atom is -0.338 e. The molecule has 0 saturated heterocycles. The summed E-state index contributed by atoms with van der Waals surface area (Å²) in [6.07, 6.45) is 1.56. The molecule has 0 saturated carbocycles. The second-order valence-corrected chi connectivity index (χ2v) is 5.19. The molecule has 0 aromatic heterocycles. The molecule has 1 rings (SSSR count). The first-order valence-electron chi connectivity index (χ1n) is 7.04. The standard InChI is InChI=1S/C16H26N2O/c1-5-16(6-2,12-17)15(19)18(4)13(3)14-10-8-7-9-11-14/h7-11,13H,5-6,12,17H2,1-4H3. The molecule has 0 fully saturated rings. The van der Waals surface area contributed by atoms with Crippen molar-refractivity contribution in [3.63, 3.8) is 0 Å². The average molecular weight is 262 g/mol. The number of carbonyl (C=O) groups excluding carboxylic acids is 1. The Labute approximate surface area is 116 Å². The van der Waals surface area contributed by atoms with E-state index in [4.69, 9.17) is 5.73 Å². The summed E-state index contributed by atoms with van der Waals surface area (Å²) in [5.74, 6) is 0.149. The summed E-state index contributed by atoms with van der Waals surface area (Å²) in [6.45, 7) is 6.54. The summed E-state index contributed by atoms with van der Waals surface area (Å²) < 4.78 is 0. The van der Waals surface area contributed by atoms with Crippen LogP contribution in [0.25, 0.3) is 0 Å².